The topological polar surface area (TPSA) is 112 Å². The highest BCUT2D eigenvalue weighted by atomic mass is 16.5. The average Bonchev–Trinajstić information content (AvgIpc) is 0.672. The fourth-order valence-electron chi connectivity index (χ4n) is 16.9. The van der Waals surface area contributed by atoms with Gasteiger partial charge in [-0.25, -0.2) is 9.80 Å². The molecule has 0 fully saturated rings. The van der Waals surface area contributed by atoms with Crippen molar-refractivity contribution >= 4 is 110 Å². The maximum absolute atomic E-state index is 16.4. The van der Waals surface area contributed by atoms with Gasteiger partial charge in [-0.3, -0.25) is 19.2 Å². The molecule has 0 unspecified atom stereocenters. The first-order valence-electron chi connectivity index (χ1n) is 37.0. The Labute approximate surface area is 607 Å². The fourth-order valence-corrected chi connectivity index (χ4v) is 16.9. The van der Waals surface area contributed by atoms with E-state index in [9.17, 15) is 0 Å². The van der Waals surface area contributed by atoms with Crippen molar-refractivity contribution < 1.29 is 38.1 Å². The zero-order valence-electron chi connectivity index (χ0n) is 62.1. The minimum Gasteiger partial charge on any atom is -0.456 e. The van der Waals surface area contributed by atoms with Gasteiger partial charge in [0.25, 0.3) is 23.6 Å². The fraction of sp³-hybridized carbons (Fsp3) is 0.255. The first-order valence-corrected chi connectivity index (χ1v) is 37.0. The zero-order valence-corrected chi connectivity index (χ0v) is 62.1. The number of benzene rings is 14. The summed E-state index contributed by atoms with van der Waals surface area (Å²) in [6, 6.07) is 60.4. The van der Waals surface area contributed by atoms with Crippen molar-refractivity contribution in [3.05, 3.63) is 249 Å². The van der Waals surface area contributed by atoms with Gasteiger partial charge in [0.05, 0.1) is 33.6 Å². The highest BCUT2D eigenvalue weighted by Crippen LogP contribution is 2.59. The molecule has 2 heterocycles. The number of ether oxygens (including phenoxy) is 4. The number of nitrogens with zero attached hydrogens (tertiary/aromatic N) is 2. The normalized spacial score (nSPS) is 13.5. The largest absolute Gasteiger partial charge is 0.456 e. The number of amides is 4. The van der Waals surface area contributed by atoms with Crippen molar-refractivity contribution in [1.82, 2.24) is 0 Å². The molecule has 0 bridgehead atoms. The molecule has 0 N–H and O–H groups in total. The van der Waals surface area contributed by atoms with Crippen LogP contribution in [0, 0.1) is 0 Å². The summed E-state index contributed by atoms with van der Waals surface area (Å²) in [6.45, 7) is 33.9. The summed E-state index contributed by atoms with van der Waals surface area (Å²) in [5, 5.41) is 9.85. The Balaban J connectivity index is 1.11. The maximum atomic E-state index is 16.4. The molecule has 0 spiro atoms. The first-order chi connectivity index (χ1) is 49.9. The van der Waals surface area contributed by atoms with Crippen molar-refractivity contribution in [2.24, 2.45) is 0 Å². The van der Waals surface area contributed by atoms with Crippen LogP contribution in [0.2, 0.25) is 0 Å². The van der Waals surface area contributed by atoms with E-state index in [1.54, 1.807) is 0 Å². The lowest BCUT2D eigenvalue weighted by molar-refractivity contribution is 0.0877. The van der Waals surface area contributed by atoms with E-state index in [1.807, 2.05) is 133 Å². The SMILES string of the molecule is CC(C)c1ccccc1Oc1cc2c3c(cc(Oc4ccccc4C(C)C)c4c5ccc6c7c(Oc8ccccc8C(C)C)cc8c9c(cc(Oc%10ccccc%10C(C)C)c(c%10ccc(c1c34)c5c%106)c97)C(=O)N(c1c(C(C)C)cccc1C(C)C)C8=O)C(=O)N(c1c(C(C)C)cccc1C(C)C)C2=O. The van der Waals surface area contributed by atoms with E-state index in [4.69, 9.17) is 18.9 Å². The molecule has 0 saturated carbocycles. The molecular weight excluding hydrogens is 1290 g/mol. The Kier molecular flexibility index (Phi) is 16.5. The van der Waals surface area contributed by atoms with Crippen LogP contribution in [0.25, 0.3) is 75.4 Å². The van der Waals surface area contributed by atoms with E-state index in [2.05, 4.69) is 159 Å². The molecule has 10 heteroatoms. The molecule has 0 aromatic heterocycles. The summed E-state index contributed by atoms with van der Waals surface area (Å²) in [7, 11) is 0. The highest BCUT2D eigenvalue weighted by Gasteiger charge is 2.43. The molecule has 104 heavy (non-hydrogen) atoms. The predicted molar refractivity (Wildman–Crippen MR) is 425 cm³/mol. The second-order valence-electron chi connectivity index (χ2n) is 31.0. The Morgan fingerprint density at radius 3 is 0.625 bits per heavy atom. The smallest absolute Gasteiger partial charge is 0.266 e. The second-order valence-corrected chi connectivity index (χ2v) is 31.0. The maximum Gasteiger partial charge on any atom is 0.266 e. The van der Waals surface area contributed by atoms with Gasteiger partial charge in [0.2, 0.25) is 0 Å². The molecule has 4 amide bonds. The van der Waals surface area contributed by atoms with Crippen LogP contribution in [-0.4, -0.2) is 23.6 Å². The van der Waals surface area contributed by atoms with Crippen molar-refractivity contribution in [1.29, 1.82) is 0 Å². The molecule has 2 aliphatic rings. The van der Waals surface area contributed by atoms with E-state index >= 15 is 19.2 Å². The summed E-state index contributed by atoms with van der Waals surface area (Å²) >= 11 is 0. The molecule has 10 nitrogen and oxygen atoms in total. The third-order valence-corrected chi connectivity index (χ3v) is 21.8. The van der Waals surface area contributed by atoms with Crippen LogP contribution in [0.1, 0.15) is 244 Å². The number of carbonyl (C=O) groups is 4. The lowest BCUT2D eigenvalue weighted by Crippen LogP contribution is -2.42. The molecule has 14 aromatic rings. The van der Waals surface area contributed by atoms with Crippen molar-refractivity contribution in [3.8, 4) is 46.0 Å². The minimum atomic E-state index is -0.453. The van der Waals surface area contributed by atoms with E-state index in [-0.39, 0.29) is 47.3 Å². The highest BCUT2D eigenvalue weighted by molar-refractivity contribution is 6.49. The van der Waals surface area contributed by atoms with E-state index < -0.39 is 23.6 Å². The van der Waals surface area contributed by atoms with E-state index in [0.29, 0.717) is 123 Å². The van der Waals surface area contributed by atoms with Crippen LogP contribution < -0.4 is 28.7 Å². The molecule has 2 aliphatic heterocycles. The molecule has 0 saturated heterocycles. The van der Waals surface area contributed by atoms with E-state index in [0.717, 1.165) is 76.8 Å². The van der Waals surface area contributed by atoms with Gasteiger partial charge >= 0.3 is 0 Å². The minimum absolute atomic E-state index is 0.0412. The Morgan fingerprint density at radius 1 is 0.212 bits per heavy atom. The summed E-state index contributed by atoms with van der Waals surface area (Å²) in [5.74, 6) is 2.39. The Morgan fingerprint density at radius 2 is 0.413 bits per heavy atom. The second kappa shape index (κ2) is 25.4. The third kappa shape index (κ3) is 10.3. The molecule has 0 aliphatic carbocycles. The van der Waals surface area contributed by atoms with Crippen LogP contribution in [0.5, 0.6) is 46.0 Å². The summed E-state index contributed by atoms with van der Waals surface area (Å²) < 4.78 is 30.3. The number of hydrogen-bond donors (Lipinski definition) is 0. The van der Waals surface area contributed by atoms with Gasteiger partial charge in [-0.05, 0) is 173 Å². The number of fused-ring (bicyclic) bond motifs is 4. The first kappa shape index (κ1) is 67.4. The lowest BCUT2D eigenvalue weighted by Gasteiger charge is -2.34. The summed E-state index contributed by atoms with van der Waals surface area (Å²) in [4.78, 5) is 68.5. The van der Waals surface area contributed by atoms with Crippen molar-refractivity contribution in [2.45, 2.75) is 158 Å². The molecule has 16 rings (SSSR count). The number of anilines is 2. The Hall–Kier alpha value is -11.1. The molecule has 0 atom stereocenters. The zero-order chi connectivity index (χ0) is 72.9. The van der Waals surface area contributed by atoms with Crippen LogP contribution in [-0.2, 0) is 0 Å². The predicted octanol–water partition coefficient (Wildman–Crippen LogP) is 26.4. The van der Waals surface area contributed by atoms with Gasteiger partial charge in [-0.15, -0.1) is 0 Å². The molecule has 520 valence electrons. The van der Waals surface area contributed by atoms with Crippen LogP contribution >= 0.6 is 0 Å². The number of hydrogen-bond acceptors (Lipinski definition) is 8. The standard InChI is InChI=1S/C94H86N2O8/c1-47(2)55-27-17-21-35-71(55)101-75-43-67-81-68(92(98)95(91(67)97)89-59(51(9)10)31-25-32-60(89)52(11)12)44-76(102-72-36-22-18-28-56(72)48(3)4)84-64-41-42-66-80-65(40-39-63(79(64)80)83(75)87(81)84)85-77(103-73-37-23-19-29-57(73)49(5)6)45-69-82-70(46-78(86(66)88(82)85)104-74-38-24-20-30-58(74)50(7)8)94(100)96(93(69)99)90-61(53(13)14)33-26-34-62(90)54(15)16/h17-54H,1-16H3. The van der Waals surface area contributed by atoms with Gasteiger partial charge in [0, 0.05) is 43.1 Å². The third-order valence-electron chi connectivity index (χ3n) is 21.8. The number of rotatable bonds is 18. The van der Waals surface area contributed by atoms with Crippen LogP contribution in [0.3, 0.4) is 0 Å². The number of para-hydroxylation sites is 6. The van der Waals surface area contributed by atoms with Crippen LogP contribution in [0.4, 0.5) is 11.4 Å². The summed E-state index contributed by atoms with van der Waals surface area (Å²) in [6.07, 6.45) is 0. The van der Waals surface area contributed by atoms with Crippen molar-refractivity contribution in [2.75, 3.05) is 9.80 Å². The average molecular weight is 1370 g/mol. The van der Waals surface area contributed by atoms with Gasteiger partial charge in [-0.2, -0.15) is 0 Å². The van der Waals surface area contributed by atoms with Gasteiger partial charge in [0.1, 0.15) is 46.0 Å². The number of carbonyl (C=O) groups excluding carboxylic acids is 4. The van der Waals surface area contributed by atoms with Gasteiger partial charge in [-0.1, -0.05) is 244 Å². The number of imide groups is 2. The molecule has 14 aromatic carbocycles. The molecule has 0 radical (unpaired) electrons. The quantitative estimate of drug-likeness (QED) is 0.0474. The lowest BCUT2D eigenvalue weighted by atomic mass is 9.79. The molecular formula is C94H86N2O8. The summed E-state index contributed by atoms with van der Waals surface area (Å²) in [5.41, 5.74) is 9.90. The van der Waals surface area contributed by atoms with Crippen molar-refractivity contribution in [3.63, 3.8) is 0 Å². The van der Waals surface area contributed by atoms with Gasteiger partial charge < -0.3 is 18.9 Å². The van der Waals surface area contributed by atoms with Gasteiger partial charge in [0.15, 0.2) is 0 Å². The Bertz CT molecular complexity index is 5250. The van der Waals surface area contributed by atoms with Crippen LogP contribution in [0.15, 0.2) is 182 Å². The van der Waals surface area contributed by atoms with E-state index in [1.165, 1.54) is 9.80 Å². The monoisotopic (exact) mass is 1370 g/mol.